The van der Waals surface area contributed by atoms with Crippen molar-refractivity contribution in [1.82, 2.24) is 20.7 Å². The van der Waals surface area contributed by atoms with Gasteiger partial charge in [0.2, 0.25) is 5.78 Å². The summed E-state index contributed by atoms with van der Waals surface area (Å²) in [5, 5.41) is 20.4. The molecule has 1 aliphatic rings. The van der Waals surface area contributed by atoms with E-state index in [-0.39, 0.29) is 19.4 Å². The molecule has 1 fully saturated rings. The van der Waals surface area contributed by atoms with Crippen molar-refractivity contribution in [3.8, 4) is 11.3 Å². The summed E-state index contributed by atoms with van der Waals surface area (Å²) in [7, 11) is 0. The summed E-state index contributed by atoms with van der Waals surface area (Å²) in [6.45, 7) is 8.92. The Kier molecular flexibility index (Phi) is 11.6. The fourth-order valence-corrected chi connectivity index (χ4v) is 6.49. The number of carboxylic acid groups (broad SMARTS) is 1. The number of unbranched alkanes of at least 4 members (excludes halogenated alkanes) is 1. The number of nitrogens with zero attached hydrogens (tertiary/aromatic N) is 2. The van der Waals surface area contributed by atoms with Crippen LogP contribution < -0.4 is 10.6 Å². The van der Waals surface area contributed by atoms with Gasteiger partial charge in [0, 0.05) is 22.6 Å². The number of rotatable bonds is 12. The van der Waals surface area contributed by atoms with Gasteiger partial charge in [-0.1, -0.05) is 98.4 Å². The average molecular weight is 688 g/mol. The van der Waals surface area contributed by atoms with Gasteiger partial charge in [0.15, 0.2) is 0 Å². The maximum atomic E-state index is 13.3. The highest BCUT2D eigenvalue weighted by Crippen LogP contribution is 2.43. The second-order valence-electron chi connectivity index (χ2n) is 12.3. The van der Waals surface area contributed by atoms with E-state index in [0.29, 0.717) is 39.0 Å². The summed E-state index contributed by atoms with van der Waals surface area (Å²) in [4.78, 5) is 53.1. The first kappa shape index (κ1) is 35.8. The van der Waals surface area contributed by atoms with Gasteiger partial charge in [-0.3, -0.25) is 9.59 Å². The predicted octanol–water partition coefficient (Wildman–Crippen LogP) is 6.99. The number of carbonyl (C=O) groups is 4. The molecule has 0 saturated carbocycles. The maximum Gasteiger partial charge on any atom is 0.408 e. The molecule has 3 aromatic rings. The van der Waals surface area contributed by atoms with Crippen molar-refractivity contribution in [3.63, 3.8) is 0 Å². The lowest BCUT2D eigenvalue weighted by atomic mass is 9.79. The van der Waals surface area contributed by atoms with Gasteiger partial charge in [-0.05, 0) is 44.4 Å². The van der Waals surface area contributed by atoms with Gasteiger partial charge in [-0.25, -0.2) is 9.59 Å². The number of ether oxygens (including phenoxy) is 1. The molecule has 2 heterocycles. The molecule has 11 nitrogen and oxygen atoms in total. The number of ketones is 1. The lowest BCUT2D eigenvalue weighted by Gasteiger charge is -2.33. The number of aryl methyl sites for hydroxylation is 1. The Morgan fingerprint density at radius 2 is 1.74 bits per heavy atom. The van der Waals surface area contributed by atoms with E-state index >= 15 is 0 Å². The number of hydrogen-bond donors (Lipinski definition) is 3. The zero-order valence-corrected chi connectivity index (χ0v) is 28.5. The first-order chi connectivity index (χ1) is 22.3. The number of alkyl carbamates (subject to hydrolysis) is 1. The molecule has 1 unspecified atom stereocenters. The van der Waals surface area contributed by atoms with E-state index in [0.717, 1.165) is 12.0 Å². The molecule has 3 N–H and O–H groups in total. The number of carbonyl (C=O) groups excluding carboxylic acids is 3. The molecule has 1 aliphatic heterocycles. The van der Waals surface area contributed by atoms with Crippen molar-refractivity contribution in [2.24, 2.45) is 5.41 Å². The van der Waals surface area contributed by atoms with Crippen LogP contribution in [0.2, 0.25) is 10.0 Å². The number of halogens is 2. The largest absolute Gasteiger partial charge is 0.465 e. The highest BCUT2D eigenvalue weighted by Gasteiger charge is 2.52. The summed E-state index contributed by atoms with van der Waals surface area (Å²) < 4.78 is 11.3. The van der Waals surface area contributed by atoms with Crippen molar-refractivity contribution in [2.75, 3.05) is 6.54 Å². The minimum absolute atomic E-state index is 0.115. The fraction of sp³-hybridized carbons (Fsp3) is 0.441. The molecule has 0 bridgehead atoms. The van der Waals surface area contributed by atoms with Crippen LogP contribution in [-0.4, -0.2) is 63.8 Å². The van der Waals surface area contributed by atoms with E-state index in [2.05, 4.69) is 15.8 Å². The van der Waals surface area contributed by atoms with Crippen LogP contribution in [0.1, 0.15) is 69.9 Å². The SMILES string of the molecule is CCCC[C@H](NC(=O)O[C@@H]1CN(C(=O)O)C(Cc2c(-c3c(Cl)cccc3Cl)noc2C)C1(C)C)C(=O)C(=O)N[C@H](C)c1ccccc1. The van der Waals surface area contributed by atoms with Gasteiger partial charge in [-0.2, -0.15) is 0 Å². The second-order valence-corrected chi connectivity index (χ2v) is 13.2. The van der Waals surface area contributed by atoms with Crippen LogP contribution in [0.5, 0.6) is 0 Å². The zero-order chi connectivity index (χ0) is 34.5. The number of hydrogen-bond acceptors (Lipinski definition) is 7. The van der Waals surface area contributed by atoms with Crippen LogP contribution in [0, 0.1) is 12.3 Å². The van der Waals surface area contributed by atoms with Gasteiger partial charge < -0.3 is 29.9 Å². The Morgan fingerprint density at radius 1 is 1.09 bits per heavy atom. The van der Waals surface area contributed by atoms with Crippen molar-refractivity contribution in [2.45, 2.75) is 84.5 Å². The number of nitrogens with one attached hydrogen (secondary N) is 2. The van der Waals surface area contributed by atoms with Crippen LogP contribution in [0.25, 0.3) is 11.3 Å². The maximum absolute atomic E-state index is 13.3. The first-order valence-electron chi connectivity index (χ1n) is 15.5. The van der Waals surface area contributed by atoms with E-state index in [1.54, 1.807) is 32.0 Å². The van der Waals surface area contributed by atoms with Crippen LogP contribution in [0.3, 0.4) is 0 Å². The van der Waals surface area contributed by atoms with E-state index in [9.17, 15) is 24.3 Å². The normalized spacial score (nSPS) is 18.3. The molecule has 1 aromatic heterocycles. The number of aromatic nitrogens is 1. The molecule has 0 radical (unpaired) electrons. The molecular weight excluding hydrogens is 647 g/mol. The van der Waals surface area contributed by atoms with Gasteiger partial charge in [-0.15, -0.1) is 0 Å². The first-order valence-corrected chi connectivity index (χ1v) is 16.3. The van der Waals surface area contributed by atoms with E-state index in [4.69, 9.17) is 32.5 Å². The standard InChI is InChI=1S/C34H40Cl2N4O7/c1-6-7-16-25(30(41)31(42)37-19(2)21-12-9-8-10-13-21)38-32(43)46-27-18-40(33(44)45)26(34(27,4)5)17-22-20(3)47-39-29(22)28-23(35)14-11-15-24(28)36/h8-15,19,25-27H,6-7,16-18H2,1-5H3,(H,37,42)(H,38,43)(H,44,45)/t19-,25+,26?,27-/m1/s1. The Bertz CT molecular complexity index is 1590. The van der Waals surface area contributed by atoms with Gasteiger partial charge in [0.25, 0.3) is 5.91 Å². The van der Waals surface area contributed by atoms with Crippen molar-refractivity contribution in [1.29, 1.82) is 0 Å². The molecular formula is C34H40Cl2N4O7. The quantitative estimate of drug-likeness (QED) is 0.173. The Morgan fingerprint density at radius 3 is 2.36 bits per heavy atom. The third-order valence-electron chi connectivity index (χ3n) is 8.83. The zero-order valence-electron chi connectivity index (χ0n) is 27.0. The van der Waals surface area contributed by atoms with E-state index in [1.807, 2.05) is 51.1 Å². The molecule has 0 aliphatic carbocycles. The van der Waals surface area contributed by atoms with Gasteiger partial charge in [0.1, 0.15) is 23.6 Å². The summed E-state index contributed by atoms with van der Waals surface area (Å²) in [6.07, 6.45) is -1.28. The van der Waals surface area contributed by atoms with Gasteiger partial charge >= 0.3 is 12.2 Å². The van der Waals surface area contributed by atoms with E-state index < -0.39 is 53.5 Å². The summed E-state index contributed by atoms with van der Waals surface area (Å²) in [6, 6.07) is 12.1. The highest BCUT2D eigenvalue weighted by atomic mass is 35.5. The van der Waals surface area contributed by atoms with Crippen molar-refractivity contribution < 1.29 is 33.5 Å². The molecule has 4 atom stereocenters. The van der Waals surface area contributed by atoms with Crippen molar-refractivity contribution >= 4 is 47.1 Å². The molecule has 2 aromatic carbocycles. The Labute approximate surface area is 283 Å². The molecule has 252 valence electrons. The summed E-state index contributed by atoms with van der Waals surface area (Å²) in [5.41, 5.74) is 1.42. The van der Waals surface area contributed by atoms with Crippen LogP contribution >= 0.6 is 23.2 Å². The van der Waals surface area contributed by atoms with E-state index in [1.165, 1.54) is 4.90 Å². The second kappa shape index (κ2) is 15.2. The number of benzene rings is 2. The highest BCUT2D eigenvalue weighted by molar-refractivity contribution is 6.39. The summed E-state index contributed by atoms with van der Waals surface area (Å²) in [5.74, 6) is -1.14. The monoisotopic (exact) mass is 686 g/mol. The molecule has 3 amide bonds. The third-order valence-corrected chi connectivity index (χ3v) is 9.46. The lowest BCUT2D eigenvalue weighted by Crippen LogP contribution is -2.49. The minimum atomic E-state index is -1.19. The molecule has 13 heteroatoms. The Balaban J connectivity index is 1.50. The average Bonchev–Trinajstić information content (AvgIpc) is 3.50. The fourth-order valence-electron chi connectivity index (χ4n) is 5.91. The Hall–Kier alpha value is -4.09. The molecule has 47 heavy (non-hydrogen) atoms. The van der Waals surface area contributed by atoms with Crippen LogP contribution in [0.15, 0.2) is 53.1 Å². The van der Waals surface area contributed by atoms with Gasteiger partial charge in [0.05, 0.1) is 22.6 Å². The smallest absolute Gasteiger partial charge is 0.408 e. The number of likely N-dealkylation sites (tertiary alicyclic amines) is 1. The molecule has 0 spiro atoms. The third kappa shape index (κ3) is 8.08. The summed E-state index contributed by atoms with van der Waals surface area (Å²) >= 11 is 12.9. The molecule has 1 saturated heterocycles. The topological polar surface area (TPSA) is 151 Å². The number of amides is 3. The predicted molar refractivity (Wildman–Crippen MR) is 177 cm³/mol. The lowest BCUT2D eigenvalue weighted by molar-refractivity contribution is -0.139. The van der Waals surface area contributed by atoms with Crippen LogP contribution in [-0.2, 0) is 20.7 Å². The minimum Gasteiger partial charge on any atom is -0.465 e. The number of Topliss-reactive ketones (excluding diaryl/α,β-unsaturated/α-hetero) is 1. The van der Waals surface area contributed by atoms with Crippen LogP contribution in [0.4, 0.5) is 9.59 Å². The molecule has 4 rings (SSSR count). The van der Waals surface area contributed by atoms with Crippen molar-refractivity contribution in [3.05, 3.63) is 75.5 Å².